The fourth-order valence-corrected chi connectivity index (χ4v) is 2.85. The highest BCUT2D eigenvalue weighted by Gasteiger charge is 2.13. The maximum absolute atomic E-state index is 9.61. The van der Waals surface area contributed by atoms with Crippen LogP contribution in [-0.2, 0) is 18.6 Å². The highest BCUT2D eigenvalue weighted by atomic mass is 16.3. The molecule has 124 valence electrons. The molecule has 0 atom stereocenters. The molecule has 0 amide bonds. The molecule has 0 bridgehead atoms. The van der Waals surface area contributed by atoms with E-state index in [-0.39, 0.29) is 12.0 Å². The minimum absolute atomic E-state index is 0.0489. The Kier molecular flexibility index (Phi) is 4.54. The van der Waals surface area contributed by atoms with Crippen LogP contribution in [0.25, 0.3) is 11.1 Å². The summed E-state index contributed by atoms with van der Waals surface area (Å²) >= 11 is 0. The molecule has 3 rings (SSSR count). The summed E-state index contributed by atoms with van der Waals surface area (Å²) in [5, 5.41) is 9.61. The largest absolute Gasteiger partial charge is 0.392 e. The Morgan fingerprint density at radius 1 is 0.958 bits per heavy atom. The van der Waals surface area contributed by atoms with Crippen molar-refractivity contribution in [2.24, 2.45) is 0 Å². The summed E-state index contributed by atoms with van der Waals surface area (Å²) in [6.07, 6.45) is 5.51. The first-order chi connectivity index (χ1) is 11.5. The molecule has 1 N–H and O–H groups in total. The van der Waals surface area contributed by atoms with Crippen molar-refractivity contribution in [1.82, 2.24) is 9.55 Å². The smallest absolute Gasteiger partial charge is 0.0949 e. The van der Waals surface area contributed by atoms with Crippen LogP contribution in [0.15, 0.2) is 61.2 Å². The molecule has 0 aliphatic carbocycles. The topological polar surface area (TPSA) is 38.0 Å². The molecule has 1 aromatic heterocycles. The molecule has 2 aromatic carbocycles. The summed E-state index contributed by atoms with van der Waals surface area (Å²) in [4.78, 5) is 4.09. The van der Waals surface area contributed by atoms with E-state index in [4.69, 9.17) is 0 Å². The van der Waals surface area contributed by atoms with Crippen LogP contribution in [0.2, 0.25) is 0 Å². The van der Waals surface area contributed by atoms with Crippen LogP contribution in [0.5, 0.6) is 0 Å². The average molecular weight is 320 g/mol. The van der Waals surface area contributed by atoms with E-state index in [0.29, 0.717) is 6.54 Å². The third-order valence-electron chi connectivity index (χ3n) is 4.37. The molecule has 3 aromatic rings. The predicted molar refractivity (Wildman–Crippen MR) is 97.8 cm³/mol. The zero-order chi connectivity index (χ0) is 17.2. The monoisotopic (exact) mass is 320 g/mol. The van der Waals surface area contributed by atoms with Gasteiger partial charge in [0.1, 0.15) is 0 Å². The Bertz CT molecular complexity index is 797. The third-order valence-corrected chi connectivity index (χ3v) is 4.37. The van der Waals surface area contributed by atoms with Crippen molar-refractivity contribution >= 4 is 0 Å². The van der Waals surface area contributed by atoms with E-state index in [1.807, 2.05) is 16.8 Å². The van der Waals surface area contributed by atoms with Gasteiger partial charge in [0.25, 0.3) is 0 Å². The summed E-state index contributed by atoms with van der Waals surface area (Å²) in [6, 6.07) is 15.0. The number of aliphatic hydroxyl groups excluding tert-OH is 1. The van der Waals surface area contributed by atoms with Gasteiger partial charge in [-0.05, 0) is 39.3 Å². The van der Waals surface area contributed by atoms with E-state index in [0.717, 1.165) is 11.1 Å². The molecule has 0 fully saturated rings. The fourth-order valence-electron chi connectivity index (χ4n) is 2.85. The fraction of sp³-hybridized carbons (Fsp3) is 0.286. The van der Waals surface area contributed by atoms with Crippen molar-refractivity contribution in [2.75, 3.05) is 0 Å². The average Bonchev–Trinajstić information content (AvgIpc) is 3.07. The predicted octanol–water partition coefficient (Wildman–Crippen LogP) is 4.39. The highest BCUT2D eigenvalue weighted by Crippen LogP contribution is 2.27. The van der Waals surface area contributed by atoms with Gasteiger partial charge in [-0.1, -0.05) is 57.2 Å². The van der Waals surface area contributed by atoms with Gasteiger partial charge in [0, 0.05) is 18.9 Å². The van der Waals surface area contributed by atoms with E-state index in [1.165, 1.54) is 16.7 Å². The van der Waals surface area contributed by atoms with Crippen molar-refractivity contribution in [1.29, 1.82) is 0 Å². The van der Waals surface area contributed by atoms with E-state index < -0.39 is 0 Å². The lowest BCUT2D eigenvalue weighted by atomic mass is 9.86. The summed E-state index contributed by atoms with van der Waals surface area (Å²) in [6.45, 7) is 7.43. The van der Waals surface area contributed by atoms with Crippen LogP contribution in [0.4, 0.5) is 0 Å². The van der Waals surface area contributed by atoms with Crippen molar-refractivity contribution in [2.45, 2.75) is 39.3 Å². The van der Waals surface area contributed by atoms with Crippen molar-refractivity contribution in [3.05, 3.63) is 77.9 Å². The van der Waals surface area contributed by atoms with Crippen molar-refractivity contribution in [3.8, 4) is 11.1 Å². The molecule has 0 saturated heterocycles. The molecule has 1 heterocycles. The minimum Gasteiger partial charge on any atom is -0.392 e. The maximum atomic E-state index is 9.61. The van der Waals surface area contributed by atoms with E-state index in [1.54, 1.807) is 12.5 Å². The number of aliphatic hydroxyl groups is 1. The standard InChI is InChI=1S/C21H24N2O/c1-21(2,3)20-8-6-16(7-9-20)17-4-5-18(14-24)19(12-17)13-23-11-10-22-15-23/h4-12,15,24H,13-14H2,1-3H3. The van der Waals surface area contributed by atoms with Crippen LogP contribution in [-0.4, -0.2) is 14.7 Å². The Morgan fingerprint density at radius 3 is 2.25 bits per heavy atom. The Balaban J connectivity index is 1.93. The number of aromatic nitrogens is 2. The van der Waals surface area contributed by atoms with Gasteiger partial charge >= 0.3 is 0 Å². The van der Waals surface area contributed by atoms with Crippen LogP contribution < -0.4 is 0 Å². The number of rotatable bonds is 4. The lowest BCUT2D eigenvalue weighted by Crippen LogP contribution is -2.10. The molecule has 3 heteroatoms. The second-order valence-corrected chi connectivity index (χ2v) is 7.20. The molecule has 0 radical (unpaired) electrons. The highest BCUT2D eigenvalue weighted by molar-refractivity contribution is 5.65. The molecule has 0 saturated carbocycles. The van der Waals surface area contributed by atoms with Crippen molar-refractivity contribution in [3.63, 3.8) is 0 Å². The molecular formula is C21H24N2O. The van der Waals surface area contributed by atoms with E-state index in [2.05, 4.69) is 62.2 Å². The summed E-state index contributed by atoms with van der Waals surface area (Å²) in [5.41, 5.74) is 5.93. The lowest BCUT2D eigenvalue weighted by Gasteiger charge is -2.19. The number of imidazole rings is 1. The van der Waals surface area contributed by atoms with Gasteiger partial charge in [-0.15, -0.1) is 0 Å². The summed E-state index contributed by atoms with van der Waals surface area (Å²) in [7, 11) is 0. The molecule has 0 spiro atoms. The van der Waals surface area contributed by atoms with Crippen LogP contribution in [0.1, 0.15) is 37.5 Å². The van der Waals surface area contributed by atoms with Crippen LogP contribution in [0, 0.1) is 0 Å². The van der Waals surface area contributed by atoms with E-state index >= 15 is 0 Å². The summed E-state index contributed by atoms with van der Waals surface area (Å²) in [5.74, 6) is 0. The lowest BCUT2D eigenvalue weighted by molar-refractivity contribution is 0.280. The van der Waals surface area contributed by atoms with Crippen LogP contribution in [0.3, 0.4) is 0 Å². The first-order valence-electron chi connectivity index (χ1n) is 8.27. The van der Waals surface area contributed by atoms with Crippen LogP contribution >= 0.6 is 0 Å². The Hall–Kier alpha value is -2.39. The normalized spacial score (nSPS) is 11.7. The van der Waals surface area contributed by atoms with Gasteiger partial charge in [-0.2, -0.15) is 0 Å². The Morgan fingerprint density at radius 2 is 1.67 bits per heavy atom. The molecule has 24 heavy (non-hydrogen) atoms. The minimum atomic E-state index is 0.0489. The SMILES string of the molecule is CC(C)(C)c1ccc(-c2ccc(CO)c(Cn3ccnc3)c2)cc1. The quantitative estimate of drug-likeness (QED) is 0.774. The first kappa shape index (κ1) is 16.5. The maximum Gasteiger partial charge on any atom is 0.0949 e. The van der Waals surface area contributed by atoms with Crippen molar-refractivity contribution < 1.29 is 5.11 Å². The van der Waals surface area contributed by atoms with Gasteiger partial charge < -0.3 is 9.67 Å². The number of hydrogen-bond acceptors (Lipinski definition) is 2. The first-order valence-corrected chi connectivity index (χ1v) is 8.27. The van der Waals surface area contributed by atoms with Gasteiger partial charge in [0.15, 0.2) is 0 Å². The van der Waals surface area contributed by atoms with Gasteiger partial charge in [-0.25, -0.2) is 4.98 Å². The third kappa shape index (κ3) is 3.57. The number of hydrogen-bond donors (Lipinski definition) is 1. The molecule has 0 aliphatic rings. The zero-order valence-corrected chi connectivity index (χ0v) is 14.5. The van der Waals surface area contributed by atoms with Gasteiger partial charge in [0.2, 0.25) is 0 Å². The Labute approximate surface area is 143 Å². The van der Waals surface area contributed by atoms with Gasteiger partial charge in [-0.3, -0.25) is 0 Å². The molecule has 3 nitrogen and oxygen atoms in total. The van der Waals surface area contributed by atoms with Gasteiger partial charge in [0.05, 0.1) is 12.9 Å². The molecule has 0 unspecified atom stereocenters. The van der Waals surface area contributed by atoms with E-state index in [9.17, 15) is 5.11 Å². The number of benzene rings is 2. The second-order valence-electron chi connectivity index (χ2n) is 7.20. The molecule has 0 aliphatic heterocycles. The summed E-state index contributed by atoms with van der Waals surface area (Å²) < 4.78 is 2.01. The zero-order valence-electron chi connectivity index (χ0n) is 14.5. The second kappa shape index (κ2) is 6.62. The number of nitrogens with zero attached hydrogens (tertiary/aromatic N) is 2. The molecular weight excluding hydrogens is 296 g/mol.